The fourth-order valence-electron chi connectivity index (χ4n) is 6.74. The van der Waals surface area contributed by atoms with E-state index >= 15 is 0 Å². The highest BCUT2D eigenvalue weighted by molar-refractivity contribution is 6.06. The number of nitrogens with one attached hydrogen (secondary N) is 1. The lowest BCUT2D eigenvalue weighted by Gasteiger charge is -2.21. The van der Waals surface area contributed by atoms with Crippen molar-refractivity contribution in [3.63, 3.8) is 0 Å². The first kappa shape index (κ1) is 35.0. The Kier molecular flexibility index (Phi) is 9.33. The molecule has 1 atom stereocenters. The second-order valence-corrected chi connectivity index (χ2v) is 12.2. The van der Waals surface area contributed by atoms with Gasteiger partial charge in [0.1, 0.15) is 42.0 Å². The van der Waals surface area contributed by atoms with E-state index < -0.39 is 49.5 Å². The number of rotatable bonds is 11. The number of quaternary nitrogens is 1. The van der Waals surface area contributed by atoms with Gasteiger partial charge in [-0.05, 0) is 53.0 Å². The minimum atomic E-state index is -1.37. The van der Waals surface area contributed by atoms with E-state index in [0.717, 1.165) is 0 Å². The predicted octanol–water partition coefficient (Wildman–Crippen LogP) is -2.90. The molecule has 0 amide bonds. The summed E-state index contributed by atoms with van der Waals surface area (Å²) in [6.07, 6.45) is 20.1. The van der Waals surface area contributed by atoms with E-state index in [1.807, 2.05) is 0 Å². The van der Waals surface area contributed by atoms with Crippen LogP contribution in [-0.2, 0) is 41.7 Å². The number of carbonyl (C=O) groups is 6. The molecule has 2 aromatic rings. The number of carboxylic acid groups (broad SMARTS) is 3. The molecule has 2 aromatic heterocycles. The van der Waals surface area contributed by atoms with Crippen LogP contribution in [0.2, 0.25) is 0 Å². The quantitative estimate of drug-likeness (QED) is 0.143. The molecule has 0 spiro atoms. The van der Waals surface area contributed by atoms with Crippen LogP contribution in [0, 0.1) is 0 Å². The van der Waals surface area contributed by atoms with E-state index in [4.69, 9.17) is 9.47 Å². The third kappa shape index (κ3) is 6.57. The molecule has 6 rings (SSSR count). The maximum Gasteiger partial charge on any atom is 0.344 e. The summed E-state index contributed by atoms with van der Waals surface area (Å²) in [5.74, 6) is -5.53. The van der Waals surface area contributed by atoms with Crippen LogP contribution < -0.4 is 29.4 Å². The molecule has 0 saturated carbocycles. The minimum Gasteiger partial charge on any atom is -0.544 e. The van der Waals surface area contributed by atoms with Gasteiger partial charge >= 0.3 is 11.9 Å². The SMILES string of the molecule is COC(=O)C1=C[NH+](CC(=O)[O-])C=C2C(/C=C3/C=C(C)c4c[n+](CC(=O)[O-])cc(C(=O)OC)c43)=CC(/C=C3/C=Cc4c(C=O)c[n+](CC(=O)[O-])cc43)=C12. The van der Waals surface area contributed by atoms with Crippen molar-refractivity contribution in [2.75, 3.05) is 20.8 Å². The van der Waals surface area contributed by atoms with Crippen molar-refractivity contribution in [2.24, 2.45) is 0 Å². The summed E-state index contributed by atoms with van der Waals surface area (Å²) in [4.78, 5) is 73.0. The lowest BCUT2D eigenvalue weighted by Crippen LogP contribution is -3.05. The predicted molar refractivity (Wildman–Crippen MR) is 173 cm³/mol. The van der Waals surface area contributed by atoms with Crippen molar-refractivity contribution in [3.8, 4) is 0 Å². The third-order valence-electron chi connectivity index (χ3n) is 8.80. The molecule has 0 bridgehead atoms. The first-order chi connectivity index (χ1) is 24.8. The van der Waals surface area contributed by atoms with E-state index in [2.05, 4.69) is 0 Å². The Morgan fingerprint density at radius 1 is 0.788 bits per heavy atom. The minimum absolute atomic E-state index is 0.0701. The highest BCUT2D eigenvalue weighted by Gasteiger charge is 2.36. The fraction of sp³-hybridized carbons (Fsp3) is 0.158. The van der Waals surface area contributed by atoms with Gasteiger partial charge in [0, 0.05) is 22.3 Å². The largest absolute Gasteiger partial charge is 0.544 e. The standard InChI is InChI=1S/C38H29N3O11/c1-20-6-23(35-27(20)11-40(17-33(45)46)14-30(35)37(49)51-2)8-22-9-24(36-29(22)13-41(18-34(47)48)15-31(36)38(50)52-3)7-21-4-5-26-25(19-42)10-39(12-28(21)26)16-32(43)44/h4-15,19H,16-18H2,1-3H3,(H-2,43,44,45,46,47,48). The number of hydrogen-bond acceptors (Lipinski definition) is 11. The molecule has 1 aliphatic heterocycles. The van der Waals surface area contributed by atoms with Gasteiger partial charge in [-0.3, -0.25) is 9.69 Å². The van der Waals surface area contributed by atoms with E-state index in [-0.39, 0.29) is 21.6 Å². The van der Waals surface area contributed by atoms with Crippen LogP contribution in [-0.4, -0.2) is 56.9 Å². The molecule has 0 radical (unpaired) electrons. The van der Waals surface area contributed by atoms with Gasteiger partial charge in [0.15, 0.2) is 44.2 Å². The Labute approximate surface area is 295 Å². The average molecular weight is 704 g/mol. The number of ether oxygens (including phenoxy) is 2. The number of allylic oxidation sites excluding steroid dienone is 11. The van der Waals surface area contributed by atoms with Gasteiger partial charge in [0.25, 0.3) is 0 Å². The molecule has 1 unspecified atom stereocenters. The van der Waals surface area contributed by atoms with Gasteiger partial charge in [-0.15, -0.1) is 0 Å². The van der Waals surface area contributed by atoms with Gasteiger partial charge < -0.3 is 39.2 Å². The first-order valence-electron chi connectivity index (χ1n) is 15.7. The first-order valence-corrected chi connectivity index (χ1v) is 15.7. The molecule has 4 aliphatic rings. The second-order valence-electron chi connectivity index (χ2n) is 12.2. The summed E-state index contributed by atoms with van der Waals surface area (Å²) >= 11 is 0. The summed E-state index contributed by atoms with van der Waals surface area (Å²) in [6.45, 7) is 0.279. The number of esters is 2. The van der Waals surface area contributed by atoms with Crippen molar-refractivity contribution < 1.29 is 67.6 Å². The number of pyridine rings is 2. The molecule has 0 fully saturated rings. The number of carboxylic acids is 3. The molecule has 0 saturated heterocycles. The van der Waals surface area contributed by atoms with Crippen LogP contribution in [0.4, 0.5) is 0 Å². The smallest absolute Gasteiger partial charge is 0.344 e. The van der Waals surface area contributed by atoms with Crippen molar-refractivity contribution in [1.82, 2.24) is 0 Å². The number of methoxy groups -OCH3 is 2. The number of hydrogen-bond donors (Lipinski definition) is 1. The summed E-state index contributed by atoms with van der Waals surface area (Å²) in [7, 11) is 2.40. The maximum atomic E-state index is 13.3. The molecule has 1 N–H and O–H groups in total. The number of fused-ring (bicyclic) bond motifs is 3. The normalized spacial score (nSPS) is 18.2. The molecule has 14 nitrogen and oxygen atoms in total. The Hall–Kier alpha value is -6.80. The van der Waals surface area contributed by atoms with Crippen LogP contribution in [0.15, 0.2) is 95.4 Å². The van der Waals surface area contributed by atoms with Crippen LogP contribution in [0.5, 0.6) is 0 Å². The Balaban J connectivity index is 1.56. The molecule has 3 aliphatic carbocycles. The van der Waals surface area contributed by atoms with E-state index in [1.54, 1.807) is 62.0 Å². The van der Waals surface area contributed by atoms with E-state index in [1.165, 1.54) is 41.9 Å². The second kappa shape index (κ2) is 13.8. The van der Waals surface area contributed by atoms with Crippen LogP contribution >= 0.6 is 0 Å². The lowest BCUT2D eigenvalue weighted by atomic mass is 9.91. The summed E-state index contributed by atoms with van der Waals surface area (Å²) < 4.78 is 12.8. The monoisotopic (exact) mass is 703 g/mol. The number of aldehydes is 1. The van der Waals surface area contributed by atoms with Crippen LogP contribution in [0.3, 0.4) is 0 Å². The van der Waals surface area contributed by atoms with Gasteiger partial charge in [-0.25, -0.2) is 9.59 Å². The van der Waals surface area contributed by atoms with Crippen molar-refractivity contribution >= 4 is 58.9 Å². The van der Waals surface area contributed by atoms with Crippen LogP contribution in [0.25, 0.3) is 22.8 Å². The lowest BCUT2D eigenvalue weighted by molar-refractivity contribution is -0.785. The van der Waals surface area contributed by atoms with Crippen molar-refractivity contribution in [2.45, 2.75) is 20.0 Å². The number of aromatic nitrogens is 2. The Morgan fingerprint density at radius 3 is 2.10 bits per heavy atom. The zero-order valence-corrected chi connectivity index (χ0v) is 28.0. The Morgan fingerprint density at radius 2 is 1.46 bits per heavy atom. The van der Waals surface area contributed by atoms with Crippen LogP contribution in [0.1, 0.15) is 49.9 Å². The molecule has 52 heavy (non-hydrogen) atoms. The Bertz CT molecular complexity index is 2300. The molecule has 3 heterocycles. The van der Waals surface area contributed by atoms with Crippen molar-refractivity contribution in [3.05, 3.63) is 129 Å². The highest BCUT2D eigenvalue weighted by atomic mass is 16.5. The zero-order chi connectivity index (χ0) is 37.4. The van der Waals surface area contributed by atoms with Crippen molar-refractivity contribution in [1.29, 1.82) is 0 Å². The summed E-state index contributed by atoms with van der Waals surface area (Å²) in [6, 6.07) is 0. The van der Waals surface area contributed by atoms with Gasteiger partial charge in [0.05, 0.1) is 36.9 Å². The van der Waals surface area contributed by atoms with E-state index in [9.17, 15) is 44.1 Å². The molecule has 0 aromatic carbocycles. The summed E-state index contributed by atoms with van der Waals surface area (Å²) in [5, 5.41) is 34.5. The molecule has 262 valence electrons. The van der Waals surface area contributed by atoms with E-state index in [0.29, 0.717) is 67.6 Å². The topological polar surface area (TPSA) is 202 Å². The number of carbonyl (C=O) groups excluding carboxylic acids is 6. The number of nitrogens with zero attached hydrogens (tertiary/aromatic N) is 2. The number of aliphatic carboxylic acids is 3. The molecular weight excluding hydrogens is 674 g/mol. The molecular formula is C38H29N3O11. The van der Waals surface area contributed by atoms with Gasteiger partial charge in [-0.2, -0.15) is 9.13 Å². The maximum absolute atomic E-state index is 13.3. The van der Waals surface area contributed by atoms with Gasteiger partial charge in [0.2, 0.25) is 0 Å². The highest BCUT2D eigenvalue weighted by Crippen LogP contribution is 2.44. The van der Waals surface area contributed by atoms with Gasteiger partial charge in [-0.1, -0.05) is 18.2 Å². The summed E-state index contributed by atoms with van der Waals surface area (Å²) in [5.41, 5.74) is 6.33. The molecule has 14 heteroatoms. The zero-order valence-electron chi connectivity index (χ0n) is 28.0. The third-order valence-corrected chi connectivity index (χ3v) is 8.80. The average Bonchev–Trinajstić information content (AvgIpc) is 3.75. The fourth-order valence-corrected chi connectivity index (χ4v) is 6.74.